The van der Waals surface area contributed by atoms with Crippen LogP contribution in [-0.2, 0) is 13.1 Å². The van der Waals surface area contributed by atoms with Crippen LogP contribution in [-0.4, -0.2) is 9.78 Å². The van der Waals surface area contributed by atoms with Crippen molar-refractivity contribution >= 4 is 17.3 Å². The second kappa shape index (κ2) is 7.14. The molecule has 4 heteroatoms. The Morgan fingerprint density at radius 2 is 1.68 bits per heavy atom. The third-order valence-corrected chi connectivity index (χ3v) is 3.87. The third-order valence-electron chi connectivity index (χ3n) is 3.48. The number of benzene rings is 2. The Bertz CT molecular complexity index is 695. The molecule has 1 N–H and O–H groups in total. The van der Waals surface area contributed by atoms with Gasteiger partial charge in [-0.1, -0.05) is 60.7 Å². The lowest BCUT2D eigenvalue weighted by Crippen LogP contribution is -2.05. The molecular weight excluding hydrogens is 294 g/mol. The maximum Gasteiger partial charge on any atom is 0.0781 e. The molecule has 0 radical (unpaired) electrons. The van der Waals surface area contributed by atoms with Gasteiger partial charge in [-0.15, -0.1) is 11.6 Å². The number of halogens is 1. The lowest BCUT2D eigenvalue weighted by atomic mass is 10.1. The molecule has 3 nitrogen and oxygen atoms in total. The minimum Gasteiger partial charge on any atom is -0.378 e. The van der Waals surface area contributed by atoms with Crippen LogP contribution >= 0.6 is 11.6 Å². The van der Waals surface area contributed by atoms with Gasteiger partial charge >= 0.3 is 0 Å². The Hall–Kier alpha value is -2.26. The largest absolute Gasteiger partial charge is 0.378 e. The van der Waals surface area contributed by atoms with Gasteiger partial charge in [0, 0.05) is 12.7 Å². The number of hydrogen-bond acceptors (Lipinski definition) is 2. The van der Waals surface area contributed by atoms with Gasteiger partial charge in [0.25, 0.3) is 0 Å². The van der Waals surface area contributed by atoms with Gasteiger partial charge in [-0.2, -0.15) is 5.10 Å². The van der Waals surface area contributed by atoms with Gasteiger partial charge in [-0.25, -0.2) is 0 Å². The summed E-state index contributed by atoms with van der Waals surface area (Å²) >= 11 is 6.44. The summed E-state index contributed by atoms with van der Waals surface area (Å²) in [4.78, 5) is 0. The van der Waals surface area contributed by atoms with Crippen molar-refractivity contribution in [3.63, 3.8) is 0 Å². The van der Waals surface area contributed by atoms with Crippen LogP contribution in [0.15, 0.2) is 73.1 Å². The van der Waals surface area contributed by atoms with E-state index in [-0.39, 0.29) is 5.38 Å². The van der Waals surface area contributed by atoms with E-state index in [1.54, 1.807) is 0 Å². The molecule has 112 valence electrons. The fraction of sp³-hybridized carbons (Fsp3) is 0.167. The highest BCUT2D eigenvalue weighted by Gasteiger charge is 2.09. The van der Waals surface area contributed by atoms with E-state index >= 15 is 0 Å². The van der Waals surface area contributed by atoms with E-state index in [0.29, 0.717) is 6.54 Å². The van der Waals surface area contributed by atoms with Crippen molar-refractivity contribution in [1.82, 2.24) is 9.78 Å². The second-order valence-electron chi connectivity index (χ2n) is 5.17. The normalized spacial score (nSPS) is 12.0. The number of rotatable bonds is 6. The van der Waals surface area contributed by atoms with Crippen LogP contribution in [0, 0.1) is 0 Å². The topological polar surface area (TPSA) is 29.9 Å². The van der Waals surface area contributed by atoms with E-state index in [1.165, 1.54) is 5.56 Å². The Kier molecular flexibility index (Phi) is 4.76. The zero-order valence-electron chi connectivity index (χ0n) is 12.2. The van der Waals surface area contributed by atoms with Crippen molar-refractivity contribution in [2.75, 3.05) is 5.32 Å². The van der Waals surface area contributed by atoms with Crippen molar-refractivity contribution in [3.05, 3.63) is 84.2 Å². The van der Waals surface area contributed by atoms with E-state index in [9.17, 15) is 0 Å². The third kappa shape index (κ3) is 3.89. The summed E-state index contributed by atoms with van der Waals surface area (Å²) in [5.74, 6) is 0. The fourth-order valence-corrected chi connectivity index (χ4v) is 2.57. The molecule has 0 fully saturated rings. The highest BCUT2D eigenvalue weighted by molar-refractivity contribution is 6.20. The number of aromatic nitrogens is 2. The van der Waals surface area contributed by atoms with Gasteiger partial charge in [0.1, 0.15) is 0 Å². The standard InChI is InChI=1S/C18H18ClN3/c19-18(16-9-5-2-6-10-16)14-22-13-17(12-21-22)20-11-15-7-3-1-4-8-15/h1-10,12-13,18,20H,11,14H2. The van der Waals surface area contributed by atoms with Gasteiger partial charge in [0.2, 0.25) is 0 Å². The van der Waals surface area contributed by atoms with Crippen LogP contribution < -0.4 is 5.32 Å². The Labute approximate surface area is 135 Å². The first-order chi connectivity index (χ1) is 10.8. The molecule has 0 bridgehead atoms. The van der Waals surface area contributed by atoms with E-state index < -0.39 is 0 Å². The molecule has 0 saturated heterocycles. The second-order valence-corrected chi connectivity index (χ2v) is 5.70. The van der Waals surface area contributed by atoms with Crippen LogP contribution in [0.25, 0.3) is 0 Å². The first-order valence-electron chi connectivity index (χ1n) is 7.30. The lowest BCUT2D eigenvalue weighted by Gasteiger charge is -2.09. The van der Waals surface area contributed by atoms with Gasteiger partial charge in [0.15, 0.2) is 0 Å². The molecular formula is C18H18ClN3. The van der Waals surface area contributed by atoms with Crippen LogP contribution in [0.1, 0.15) is 16.5 Å². The monoisotopic (exact) mass is 311 g/mol. The summed E-state index contributed by atoms with van der Waals surface area (Å²) in [7, 11) is 0. The average molecular weight is 312 g/mol. The predicted molar refractivity (Wildman–Crippen MR) is 91.0 cm³/mol. The number of nitrogens with zero attached hydrogens (tertiary/aromatic N) is 2. The van der Waals surface area contributed by atoms with Crippen LogP contribution in [0.3, 0.4) is 0 Å². The molecule has 22 heavy (non-hydrogen) atoms. The smallest absolute Gasteiger partial charge is 0.0781 e. The molecule has 0 aliphatic carbocycles. The molecule has 2 aromatic carbocycles. The molecule has 0 aliphatic heterocycles. The quantitative estimate of drug-likeness (QED) is 0.680. The average Bonchev–Trinajstić information content (AvgIpc) is 3.02. The number of nitrogens with one attached hydrogen (secondary N) is 1. The minimum atomic E-state index is -0.0805. The van der Waals surface area contributed by atoms with Crippen LogP contribution in [0.5, 0.6) is 0 Å². The summed E-state index contributed by atoms with van der Waals surface area (Å²) in [6, 6.07) is 20.4. The SMILES string of the molecule is ClC(Cn1cc(NCc2ccccc2)cn1)c1ccccc1. The van der Waals surface area contributed by atoms with E-state index in [4.69, 9.17) is 11.6 Å². The Morgan fingerprint density at radius 3 is 2.41 bits per heavy atom. The molecule has 3 aromatic rings. The van der Waals surface area contributed by atoms with E-state index in [0.717, 1.165) is 17.8 Å². The molecule has 1 aromatic heterocycles. The summed E-state index contributed by atoms with van der Waals surface area (Å²) < 4.78 is 1.87. The molecule has 0 amide bonds. The van der Waals surface area contributed by atoms with Crippen molar-refractivity contribution in [3.8, 4) is 0 Å². The molecule has 0 aliphatic rings. The molecule has 0 saturated carbocycles. The molecule has 1 heterocycles. The number of alkyl halides is 1. The summed E-state index contributed by atoms with van der Waals surface area (Å²) in [6.45, 7) is 1.44. The van der Waals surface area contributed by atoms with E-state index in [2.05, 4.69) is 22.5 Å². The van der Waals surface area contributed by atoms with Gasteiger partial charge < -0.3 is 5.32 Å². The minimum absolute atomic E-state index is 0.0805. The highest BCUT2D eigenvalue weighted by Crippen LogP contribution is 2.22. The molecule has 1 atom stereocenters. The van der Waals surface area contributed by atoms with Crippen molar-refractivity contribution in [2.45, 2.75) is 18.5 Å². The maximum atomic E-state index is 6.44. The first-order valence-corrected chi connectivity index (χ1v) is 7.74. The zero-order chi connectivity index (χ0) is 15.2. The summed E-state index contributed by atoms with van der Waals surface area (Å²) in [6.07, 6.45) is 3.82. The van der Waals surface area contributed by atoms with Crippen molar-refractivity contribution in [2.24, 2.45) is 0 Å². The summed E-state index contributed by atoms with van der Waals surface area (Å²) in [5, 5.41) is 7.65. The van der Waals surface area contributed by atoms with Crippen LogP contribution in [0.2, 0.25) is 0 Å². The van der Waals surface area contributed by atoms with E-state index in [1.807, 2.05) is 65.6 Å². The number of anilines is 1. The Morgan fingerprint density at radius 1 is 1.00 bits per heavy atom. The van der Waals surface area contributed by atoms with Crippen LogP contribution in [0.4, 0.5) is 5.69 Å². The summed E-state index contributed by atoms with van der Waals surface area (Å²) in [5.41, 5.74) is 3.36. The fourth-order valence-electron chi connectivity index (χ4n) is 2.29. The van der Waals surface area contributed by atoms with Crippen molar-refractivity contribution in [1.29, 1.82) is 0 Å². The number of hydrogen-bond donors (Lipinski definition) is 1. The highest BCUT2D eigenvalue weighted by atomic mass is 35.5. The lowest BCUT2D eigenvalue weighted by molar-refractivity contribution is 0.601. The molecule has 1 unspecified atom stereocenters. The van der Waals surface area contributed by atoms with Gasteiger partial charge in [-0.3, -0.25) is 4.68 Å². The Balaban J connectivity index is 1.57. The van der Waals surface area contributed by atoms with Gasteiger partial charge in [0.05, 0.1) is 23.8 Å². The first kappa shape index (κ1) is 14.7. The predicted octanol–water partition coefficient (Wildman–Crippen LogP) is 4.48. The maximum absolute atomic E-state index is 6.44. The molecule has 0 spiro atoms. The van der Waals surface area contributed by atoms with Gasteiger partial charge in [-0.05, 0) is 11.1 Å². The van der Waals surface area contributed by atoms with Crippen molar-refractivity contribution < 1.29 is 0 Å². The zero-order valence-corrected chi connectivity index (χ0v) is 12.9. The molecule has 3 rings (SSSR count).